The van der Waals surface area contributed by atoms with Crippen molar-refractivity contribution in [1.29, 1.82) is 0 Å². The highest BCUT2D eigenvalue weighted by molar-refractivity contribution is 5.47. The van der Waals surface area contributed by atoms with Gasteiger partial charge in [-0.3, -0.25) is 4.90 Å². The topological polar surface area (TPSA) is 35.9 Å². The summed E-state index contributed by atoms with van der Waals surface area (Å²) in [5.41, 5.74) is 4.17. The Morgan fingerprint density at radius 1 is 0.900 bits per heavy atom. The van der Waals surface area contributed by atoms with E-state index in [2.05, 4.69) is 40.1 Å². The Hall–Kier alpha value is -2.04. The Labute approximate surface area is 180 Å². The van der Waals surface area contributed by atoms with Gasteiger partial charge in [-0.2, -0.15) is 0 Å². The van der Waals surface area contributed by atoms with Gasteiger partial charge in [-0.05, 0) is 92.7 Å². The van der Waals surface area contributed by atoms with Gasteiger partial charge in [0.2, 0.25) is 0 Å². The van der Waals surface area contributed by atoms with Crippen LogP contribution in [0.3, 0.4) is 0 Å². The van der Waals surface area contributed by atoms with Crippen LogP contribution in [0.15, 0.2) is 42.5 Å². The highest BCUT2D eigenvalue weighted by Gasteiger charge is 2.36. The molecule has 0 aromatic heterocycles. The Bertz CT molecular complexity index is 845. The van der Waals surface area contributed by atoms with Crippen molar-refractivity contribution in [2.45, 2.75) is 50.5 Å². The van der Waals surface area contributed by atoms with Crippen molar-refractivity contribution >= 4 is 0 Å². The summed E-state index contributed by atoms with van der Waals surface area (Å²) in [6.45, 7) is 6.72. The number of aromatic hydroxyl groups is 1. The summed E-state index contributed by atoms with van der Waals surface area (Å²) in [7, 11) is 0. The number of piperidine rings is 1. The zero-order valence-electron chi connectivity index (χ0n) is 17.9. The number of ether oxygens (including phenoxy) is 1. The average molecular weight is 407 g/mol. The Kier molecular flexibility index (Phi) is 5.96. The molecule has 2 aromatic carbocycles. The lowest BCUT2D eigenvalue weighted by Crippen LogP contribution is -2.34. The van der Waals surface area contributed by atoms with Crippen molar-refractivity contribution in [3.8, 4) is 11.5 Å². The maximum Gasteiger partial charge on any atom is 0.119 e. The molecule has 30 heavy (non-hydrogen) atoms. The van der Waals surface area contributed by atoms with Crippen molar-refractivity contribution in [3.05, 3.63) is 59.2 Å². The van der Waals surface area contributed by atoms with E-state index in [0.29, 0.717) is 17.7 Å². The lowest BCUT2D eigenvalue weighted by molar-refractivity contribution is 0.204. The second-order valence-corrected chi connectivity index (χ2v) is 9.19. The van der Waals surface area contributed by atoms with Crippen LogP contribution < -0.4 is 4.74 Å². The molecule has 4 nitrogen and oxygen atoms in total. The molecule has 2 atom stereocenters. The number of hydrogen-bond acceptors (Lipinski definition) is 4. The molecule has 160 valence electrons. The van der Waals surface area contributed by atoms with Crippen LogP contribution in [0.2, 0.25) is 0 Å². The van der Waals surface area contributed by atoms with Crippen molar-refractivity contribution in [2.75, 3.05) is 39.3 Å². The molecular formula is C26H34N2O2. The summed E-state index contributed by atoms with van der Waals surface area (Å²) in [6.07, 6.45) is 7.72. The van der Waals surface area contributed by atoms with Gasteiger partial charge in [-0.25, -0.2) is 0 Å². The summed E-state index contributed by atoms with van der Waals surface area (Å²) in [5, 5.41) is 9.69. The number of rotatable bonds is 6. The first-order chi connectivity index (χ1) is 14.8. The number of fused-ring (bicyclic) bond motifs is 3. The SMILES string of the molecule is Oc1ccc([C@@H]2CN3CCC[C@H]3c3cc(OCCCN4CCCCC4)ccc32)cc1. The van der Waals surface area contributed by atoms with Crippen LogP contribution in [0.25, 0.3) is 0 Å². The quantitative estimate of drug-likeness (QED) is 0.690. The molecule has 5 rings (SSSR count). The van der Waals surface area contributed by atoms with Crippen LogP contribution in [0.4, 0.5) is 0 Å². The third kappa shape index (κ3) is 4.21. The maximum atomic E-state index is 9.69. The molecule has 2 saturated heterocycles. The molecule has 2 fully saturated rings. The number of phenols is 1. The van der Waals surface area contributed by atoms with E-state index in [4.69, 9.17) is 4.74 Å². The molecule has 0 unspecified atom stereocenters. The van der Waals surface area contributed by atoms with Crippen molar-refractivity contribution in [2.24, 2.45) is 0 Å². The van der Waals surface area contributed by atoms with Crippen LogP contribution in [0.1, 0.15) is 67.2 Å². The zero-order chi connectivity index (χ0) is 20.3. The highest BCUT2D eigenvalue weighted by atomic mass is 16.5. The zero-order valence-corrected chi connectivity index (χ0v) is 17.9. The Balaban J connectivity index is 1.29. The van der Waals surface area contributed by atoms with E-state index in [-0.39, 0.29) is 0 Å². The van der Waals surface area contributed by atoms with Gasteiger partial charge in [-0.1, -0.05) is 24.6 Å². The second kappa shape index (κ2) is 8.99. The molecule has 4 heteroatoms. The van der Waals surface area contributed by atoms with Gasteiger partial charge in [0.15, 0.2) is 0 Å². The first kappa shape index (κ1) is 19.9. The van der Waals surface area contributed by atoms with E-state index in [9.17, 15) is 5.11 Å². The predicted molar refractivity (Wildman–Crippen MR) is 120 cm³/mol. The lowest BCUT2D eigenvalue weighted by atomic mass is 9.81. The fourth-order valence-corrected chi connectivity index (χ4v) is 5.63. The van der Waals surface area contributed by atoms with Crippen molar-refractivity contribution < 1.29 is 9.84 Å². The number of hydrogen-bond donors (Lipinski definition) is 1. The van der Waals surface area contributed by atoms with E-state index in [1.54, 1.807) is 0 Å². The molecule has 0 amide bonds. The predicted octanol–water partition coefficient (Wildman–Crippen LogP) is 4.93. The molecule has 3 aliphatic heterocycles. The van der Waals surface area contributed by atoms with Crippen molar-refractivity contribution in [3.63, 3.8) is 0 Å². The molecule has 3 aliphatic rings. The summed E-state index contributed by atoms with van der Waals surface area (Å²) < 4.78 is 6.19. The van der Waals surface area contributed by atoms with E-state index < -0.39 is 0 Å². The molecular weight excluding hydrogens is 372 g/mol. The number of likely N-dealkylation sites (tertiary alicyclic amines) is 1. The third-order valence-corrected chi connectivity index (χ3v) is 7.20. The second-order valence-electron chi connectivity index (χ2n) is 9.19. The first-order valence-electron chi connectivity index (χ1n) is 11.8. The first-order valence-corrected chi connectivity index (χ1v) is 11.8. The van der Waals surface area contributed by atoms with Crippen LogP contribution in [0, 0.1) is 0 Å². The maximum absolute atomic E-state index is 9.69. The van der Waals surface area contributed by atoms with E-state index in [1.165, 1.54) is 68.4 Å². The summed E-state index contributed by atoms with van der Waals surface area (Å²) >= 11 is 0. The minimum absolute atomic E-state index is 0.335. The smallest absolute Gasteiger partial charge is 0.119 e. The molecule has 2 aromatic rings. The van der Waals surface area contributed by atoms with Crippen LogP contribution >= 0.6 is 0 Å². The van der Waals surface area contributed by atoms with Gasteiger partial charge < -0.3 is 14.7 Å². The molecule has 0 spiro atoms. The monoisotopic (exact) mass is 406 g/mol. The fourth-order valence-electron chi connectivity index (χ4n) is 5.63. The Morgan fingerprint density at radius 2 is 1.73 bits per heavy atom. The van der Waals surface area contributed by atoms with Gasteiger partial charge in [-0.15, -0.1) is 0 Å². The minimum atomic E-state index is 0.335. The summed E-state index contributed by atoms with van der Waals surface area (Å²) in [5.74, 6) is 1.72. The normalized spacial score (nSPS) is 24.4. The fraction of sp³-hybridized carbons (Fsp3) is 0.538. The van der Waals surface area contributed by atoms with Gasteiger partial charge in [0, 0.05) is 25.0 Å². The van der Waals surface area contributed by atoms with E-state index in [1.807, 2.05) is 12.1 Å². The molecule has 1 N–H and O–H groups in total. The van der Waals surface area contributed by atoms with Gasteiger partial charge in [0.25, 0.3) is 0 Å². The molecule has 3 heterocycles. The number of benzene rings is 2. The highest BCUT2D eigenvalue weighted by Crippen LogP contribution is 2.45. The third-order valence-electron chi connectivity index (χ3n) is 7.20. The average Bonchev–Trinajstić information content (AvgIpc) is 3.26. The largest absolute Gasteiger partial charge is 0.508 e. The number of phenolic OH excluding ortho intramolecular Hbond substituents is 1. The summed E-state index contributed by atoms with van der Waals surface area (Å²) in [4.78, 5) is 5.22. The summed E-state index contributed by atoms with van der Waals surface area (Å²) in [6, 6.07) is 15.1. The standard InChI is InChI=1S/C26H34N2O2/c29-21-9-7-20(8-10-21)25-19-28-16-4-6-26(28)24-18-22(11-12-23(24)25)30-17-5-15-27-13-2-1-3-14-27/h7-12,18,25-26,29H,1-6,13-17,19H2/t25-,26-/m0/s1. The van der Waals surface area contributed by atoms with Crippen molar-refractivity contribution in [1.82, 2.24) is 9.80 Å². The molecule has 0 aliphatic carbocycles. The Morgan fingerprint density at radius 3 is 2.57 bits per heavy atom. The number of nitrogens with zero attached hydrogens (tertiary/aromatic N) is 2. The van der Waals surface area contributed by atoms with E-state index >= 15 is 0 Å². The minimum Gasteiger partial charge on any atom is -0.508 e. The van der Waals surface area contributed by atoms with Gasteiger partial charge >= 0.3 is 0 Å². The van der Waals surface area contributed by atoms with Gasteiger partial charge in [0.05, 0.1) is 6.61 Å². The van der Waals surface area contributed by atoms with Crippen LogP contribution in [-0.2, 0) is 0 Å². The van der Waals surface area contributed by atoms with Crippen LogP contribution in [0.5, 0.6) is 11.5 Å². The van der Waals surface area contributed by atoms with E-state index in [0.717, 1.165) is 31.9 Å². The lowest BCUT2D eigenvalue weighted by Gasteiger charge is -2.37. The van der Waals surface area contributed by atoms with Crippen LogP contribution in [-0.4, -0.2) is 54.2 Å². The molecule has 0 saturated carbocycles. The molecule has 0 radical (unpaired) electrons. The van der Waals surface area contributed by atoms with Gasteiger partial charge in [0.1, 0.15) is 11.5 Å². The molecule has 0 bridgehead atoms.